The molecule has 1 aromatic heterocycles. The molecule has 7 nitrogen and oxygen atoms in total. The van der Waals surface area contributed by atoms with E-state index >= 15 is 0 Å². The summed E-state index contributed by atoms with van der Waals surface area (Å²) >= 11 is 0. The number of hydrogen-bond acceptors (Lipinski definition) is 3. The number of nitrogens with zero attached hydrogens (tertiary/aromatic N) is 4. The zero-order valence-corrected chi connectivity index (χ0v) is 16.5. The topological polar surface area (TPSA) is 72.2 Å². The number of para-hydroxylation sites is 1. The van der Waals surface area contributed by atoms with Gasteiger partial charge in [-0.05, 0) is 37.8 Å². The number of rotatable bonds is 3. The number of urea groups is 1. The number of carbonyl (C=O) groups is 1. The Labute approximate surface area is 165 Å². The number of likely N-dealkylation sites (tertiary alicyclic amines) is 1. The van der Waals surface area contributed by atoms with Gasteiger partial charge in [0.25, 0.3) is 0 Å². The fourth-order valence-electron chi connectivity index (χ4n) is 4.42. The summed E-state index contributed by atoms with van der Waals surface area (Å²) in [5, 5.41) is 7.73. The number of aryl methyl sites for hydroxylation is 1. The highest BCUT2D eigenvalue weighted by molar-refractivity contribution is 5.74. The van der Waals surface area contributed by atoms with E-state index in [1.165, 1.54) is 23.9 Å². The van der Waals surface area contributed by atoms with E-state index in [0.717, 1.165) is 37.2 Å². The normalized spacial score (nSPS) is 19.0. The van der Waals surface area contributed by atoms with Crippen molar-refractivity contribution in [3.05, 3.63) is 46.6 Å². The van der Waals surface area contributed by atoms with Gasteiger partial charge in [-0.1, -0.05) is 37.5 Å². The summed E-state index contributed by atoms with van der Waals surface area (Å²) in [4.78, 5) is 27.1. The van der Waals surface area contributed by atoms with Crippen LogP contribution in [0.4, 0.5) is 4.79 Å². The van der Waals surface area contributed by atoms with Crippen LogP contribution in [0.1, 0.15) is 56.7 Å². The lowest BCUT2D eigenvalue weighted by Crippen LogP contribution is -2.48. The van der Waals surface area contributed by atoms with Gasteiger partial charge in [0.2, 0.25) is 0 Å². The van der Waals surface area contributed by atoms with Crippen LogP contribution in [0.5, 0.6) is 0 Å². The van der Waals surface area contributed by atoms with Crippen LogP contribution in [0, 0.1) is 0 Å². The monoisotopic (exact) mass is 383 g/mol. The van der Waals surface area contributed by atoms with E-state index in [1.54, 1.807) is 11.6 Å². The molecule has 28 heavy (non-hydrogen) atoms. The Morgan fingerprint density at radius 2 is 1.71 bits per heavy atom. The van der Waals surface area contributed by atoms with E-state index in [4.69, 9.17) is 0 Å². The maximum atomic E-state index is 12.6. The molecule has 150 valence electrons. The fraction of sp³-hybridized carbons (Fsp3) is 0.571. The van der Waals surface area contributed by atoms with E-state index < -0.39 is 0 Å². The molecule has 1 N–H and O–H groups in total. The Balaban J connectivity index is 1.44. The first-order chi connectivity index (χ1) is 13.6. The van der Waals surface area contributed by atoms with Crippen LogP contribution < -0.4 is 11.0 Å². The van der Waals surface area contributed by atoms with E-state index in [-0.39, 0.29) is 17.6 Å². The first-order valence-electron chi connectivity index (χ1n) is 10.4. The highest BCUT2D eigenvalue weighted by atomic mass is 16.2. The molecule has 0 radical (unpaired) electrons. The molecule has 1 aliphatic heterocycles. The van der Waals surface area contributed by atoms with Crippen LogP contribution in [-0.4, -0.2) is 44.4 Å². The van der Waals surface area contributed by atoms with Crippen molar-refractivity contribution in [2.45, 2.75) is 56.9 Å². The predicted octanol–water partition coefficient (Wildman–Crippen LogP) is 2.79. The van der Waals surface area contributed by atoms with Gasteiger partial charge in [0.1, 0.15) is 5.82 Å². The molecule has 0 bridgehead atoms. The zero-order chi connectivity index (χ0) is 19.5. The molecule has 2 aliphatic rings. The first kappa shape index (κ1) is 18.8. The average molecular weight is 383 g/mol. The Morgan fingerprint density at radius 1 is 1.04 bits per heavy atom. The Bertz CT molecular complexity index is 859. The molecule has 1 saturated heterocycles. The molecule has 1 aromatic carbocycles. The van der Waals surface area contributed by atoms with Gasteiger partial charge in [-0.2, -0.15) is 5.10 Å². The van der Waals surface area contributed by atoms with Crippen LogP contribution in [0.25, 0.3) is 5.69 Å². The largest absolute Gasteiger partial charge is 0.350 e. The maximum absolute atomic E-state index is 12.6. The Kier molecular flexibility index (Phi) is 5.50. The Hall–Kier alpha value is -2.57. The summed E-state index contributed by atoms with van der Waals surface area (Å²) < 4.78 is 3.12. The standard InChI is InChI=1S/C21H29N5O2/c1-24-21(28)26(18-10-6-3-7-11-18)19(23-24)16-12-14-25(15-13-16)20(27)22-17-8-4-2-5-9-17/h3,6-7,10-11,16-17H,2,4-5,8-9,12-15H2,1H3,(H,22,27). The van der Waals surface area contributed by atoms with Crippen molar-refractivity contribution in [3.63, 3.8) is 0 Å². The number of carbonyl (C=O) groups excluding carboxylic acids is 1. The number of amides is 2. The second-order valence-corrected chi connectivity index (χ2v) is 7.98. The molecule has 1 saturated carbocycles. The molecule has 7 heteroatoms. The minimum atomic E-state index is -0.126. The van der Waals surface area contributed by atoms with Crippen molar-refractivity contribution in [2.75, 3.05) is 13.1 Å². The number of piperidine rings is 1. The third-order valence-electron chi connectivity index (χ3n) is 6.04. The summed E-state index contributed by atoms with van der Waals surface area (Å²) in [6.07, 6.45) is 7.54. The van der Waals surface area contributed by atoms with Crippen LogP contribution >= 0.6 is 0 Å². The minimum absolute atomic E-state index is 0.0619. The molecular formula is C21H29N5O2. The van der Waals surface area contributed by atoms with Gasteiger partial charge in [-0.3, -0.25) is 0 Å². The van der Waals surface area contributed by atoms with Gasteiger partial charge in [-0.25, -0.2) is 18.8 Å². The summed E-state index contributed by atoms with van der Waals surface area (Å²) in [6.45, 7) is 1.39. The third kappa shape index (κ3) is 3.84. The highest BCUT2D eigenvalue weighted by Gasteiger charge is 2.29. The fourth-order valence-corrected chi connectivity index (χ4v) is 4.42. The van der Waals surface area contributed by atoms with Crippen molar-refractivity contribution in [3.8, 4) is 5.69 Å². The Morgan fingerprint density at radius 3 is 2.39 bits per heavy atom. The summed E-state index contributed by atoms with van der Waals surface area (Å²) in [5.41, 5.74) is 0.715. The molecule has 1 aliphatic carbocycles. The summed E-state index contributed by atoms with van der Waals surface area (Å²) in [7, 11) is 1.69. The summed E-state index contributed by atoms with van der Waals surface area (Å²) in [6, 6.07) is 10.0. The zero-order valence-electron chi connectivity index (χ0n) is 16.5. The van der Waals surface area contributed by atoms with Crippen LogP contribution in [0.2, 0.25) is 0 Å². The number of aromatic nitrogens is 3. The molecule has 2 amide bonds. The molecule has 0 spiro atoms. The molecule has 2 fully saturated rings. The summed E-state index contributed by atoms with van der Waals surface area (Å²) in [5.74, 6) is 0.971. The van der Waals surface area contributed by atoms with E-state index in [9.17, 15) is 9.59 Å². The van der Waals surface area contributed by atoms with Crippen molar-refractivity contribution >= 4 is 6.03 Å². The molecule has 0 unspecified atom stereocenters. The van der Waals surface area contributed by atoms with Crippen LogP contribution in [0.3, 0.4) is 0 Å². The van der Waals surface area contributed by atoms with E-state index in [2.05, 4.69) is 10.4 Å². The lowest BCUT2D eigenvalue weighted by molar-refractivity contribution is 0.173. The molecule has 4 rings (SSSR count). The molecular weight excluding hydrogens is 354 g/mol. The number of nitrogens with one attached hydrogen (secondary N) is 1. The van der Waals surface area contributed by atoms with Gasteiger partial charge in [0.05, 0.1) is 5.69 Å². The van der Waals surface area contributed by atoms with Crippen LogP contribution in [0.15, 0.2) is 35.1 Å². The van der Waals surface area contributed by atoms with Crippen LogP contribution in [-0.2, 0) is 7.05 Å². The second-order valence-electron chi connectivity index (χ2n) is 7.98. The van der Waals surface area contributed by atoms with Gasteiger partial charge >= 0.3 is 11.7 Å². The molecule has 2 aromatic rings. The lowest BCUT2D eigenvalue weighted by atomic mass is 9.95. The lowest BCUT2D eigenvalue weighted by Gasteiger charge is -2.33. The van der Waals surface area contributed by atoms with Crippen molar-refractivity contribution in [2.24, 2.45) is 7.05 Å². The number of hydrogen-bond donors (Lipinski definition) is 1. The average Bonchev–Trinajstić information content (AvgIpc) is 3.04. The minimum Gasteiger partial charge on any atom is -0.335 e. The highest BCUT2D eigenvalue weighted by Crippen LogP contribution is 2.28. The van der Waals surface area contributed by atoms with E-state index in [1.807, 2.05) is 35.2 Å². The molecule has 2 heterocycles. The number of benzene rings is 1. The quantitative estimate of drug-likeness (QED) is 0.886. The third-order valence-corrected chi connectivity index (χ3v) is 6.04. The van der Waals surface area contributed by atoms with E-state index in [0.29, 0.717) is 19.1 Å². The van der Waals surface area contributed by atoms with Gasteiger partial charge < -0.3 is 10.2 Å². The second kappa shape index (κ2) is 8.20. The molecule has 0 atom stereocenters. The van der Waals surface area contributed by atoms with Crippen molar-refractivity contribution < 1.29 is 4.79 Å². The smallest absolute Gasteiger partial charge is 0.335 e. The predicted molar refractivity (Wildman–Crippen MR) is 108 cm³/mol. The van der Waals surface area contributed by atoms with Crippen molar-refractivity contribution in [1.29, 1.82) is 0 Å². The van der Waals surface area contributed by atoms with Gasteiger partial charge in [0, 0.05) is 32.1 Å². The van der Waals surface area contributed by atoms with Gasteiger partial charge in [0.15, 0.2) is 0 Å². The first-order valence-corrected chi connectivity index (χ1v) is 10.4. The van der Waals surface area contributed by atoms with Crippen molar-refractivity contribution in [1.82, 2.24) is 24.6 Å². The SMILES string of the molecule is Cn1nc(C2CCN(C(=O)NC3CCCCC3)CC2)n(-c2ccccc2)c1=O. The van der Waals surface area contributed by atoms with Gasteiger partial charge in [-0.15, -0.1) is 0 Å². The maximum Gasteiger partial charge on any atom is 0.350 e.